The highest BCUT2D eigenvalue weighted by molar-refractivity contribution is 7.27. The fraction of sp³-hybridized carbons (Fsp3) is 0.267. The molecule has 94 valence electrons. The Balaban J connectivity index is 2.33. The van der Waals surface area contributed by atoms with Crippen molar-refractivity contribution in [2.24, 2.45) is 0 Å². The molecule has 2 atom stereocenters. The lowest BCUT2D eigenvalue weighted by molar-refractivity contribution is -0.138. The molecule has 0 bridgehead atoms. The van der Waals surface area contributed by atoms with Crippen molar-refractivity contribution in [3.63, 3.8) is 0 Å². The number of carboxylic acids is 1. The number of benzene rings is 1. The molecule has 1 aliphatic rings. The van der Waals surface area contributed by atoms with E-state index in [1.54, 1.807) is 6.92 Å². The van der Waals surface area contributed by atoms with Crippen LogP contribution < -0.4 is 5.30 Å². The second kappa shape index (κ2) is 5.49. The summed E-state index contributed by atoms with van der Waals surface area (Å²) in [7, 11) is 2.70. The molecule has 2 rings (SSSR count). The van der Waals surface area contributed by atoms with Gasteiger partial charge in [0, 0.05) is 0 Å². The van der Waals surface area contributed by atoms with Gasteiger partial charge in [-0.25, -0.2) is 0 Å². The Morgan fingerprint density at radius 3 is 2.72 bits per heavy atom. The predicted molar refractivity (Wildman–Crippen MR) is 78.2 cm³/mol. The average Bonchev–Trinajstić information content (AvgIpc) is 2.38. The van der Waals surface area contributed by atoms with Crippen LogP contribution in [-0.4, -0.2) is 11.1 Å². The first-order valence-corrected chi connectivity index (χ1v) is 6.66. The van der Waals surface area contributed by atoms with Gasteiger partial charge in [0.1, 0.15) is 0 Å². The van der Waals surface area contributed by atoms with Gasteiger partial charge in [0.25, 0.3) is 0 Å². The van der Waals surface area contributed by atoms with Crippen molar-refractivity contribution >= 4 is 26.1 Å². The molecule has 0 saturated carbocycles. The maximum Gasteiger partial charge on any atom is 0.310 e. The van der Waals surface area contributed by atoms with Crippen LogP contribution in [0.2, 0.25) is 0 Å². The maximum atomic E-state index is 11.0. The number of carboxylic acid groups (broad SMARTS) is 1. The molecule has 2 nitrogen and oxygen atoms in total. The van der Waals surface area contributed by atoms with Gasteiger partial charge in [-0.3, -0.25) is 4.79 Å². The highest BCUT2D eigenvalue weighted by Crippen LogP contribution is 2.24. The van der Waals surface area contributed by atoms with Crippen molar-refractivity contribution in [3.8, 4) is 0 Å². The van der Waals surface area contributed by atoms with Crippen molar-refractivity contribution in [2.45, 2.75) is 25.7 Å². The van der Waals surface area contributed by atoms with Crippen LogP contribution >= 0.6 is 9.24 Å². The van der Waals surface area contributed by atoms with E-state index in [0.29, 0.717) is 0 Å². The number of rotatable bonds is 3. The van der Waals surface area contributed by atoms with E-state index in [2.05, 4.69) is 27.5 Å². The normalized spacial score (nSPS) is 16.2. The summed E-state index contributed by atoms with van der Waals surface area (Å²) in [6.45, 7) is 1.71. The molecular weight excluding hydrogens is 243 g/mol. The van der Waals surface area contributed by atoms with Gasteiger partial charge in [-0.15, -0.1) is 9.24 Å². The molecular formula is C15H17O2P. The van der Waals surface area contributed by atoms with E-state index < -0.39 is 11.9 Å². The van der Waals surface area contributed by atoms with Crippen molar-refractivity contribution in [3.05, 3.63) is 47.6 Å². The Hall–Kier alpha value is -1.40. The third kappa shape index (κ3) is 2.70. The molecule has 3 heteroatoms. The quantitative estimate of drug-likeness (QED) is 0.848. The van der Waals surface area contributed by atoms with Crippen LogP contribution in [0.5, 0.6) is 0 Å². The highest BCUT2D eigenvalue weighted by Gasteiger charge is 2.15. The molecule has 0 heterocycles. The molecule has 0 aliphatic heterocycles. The van der Waals surface area contributed by atoms with Gasteiger partial charge in [0.05, 0.1) is 5.92 Å². The summed E-state index contributed by atoms with van der Waals surface area (Å²) in [5.74, 6) is -1.25. The molecule has 0 spiro atoms. The first-order chi connectivity index (χ1) is 8.59. The third-order valence-corrected chi connectivity index (χ3v) is 3.73. The molecule has 0 amide bonds. The van der Waals surface area contributed by atoms with E-state index in [-0.39, 0.29) is 0 Å². The van der Waals surface area contributed by atoms with Crippen molar-refractivity contribution in [2.75, 3.05) is 0 Å². The number of aliphatic carboxylic acids is 1. The molecule has 1 aliphatic carbocycles. The maximum absolute atomic E-state index is 11.0. The second-order valence-corrected chi connectivity index (χ2v) is 5.17. The van der Waals surface area contributed by atoms with E-state index in [9.17, 15) is 4.79 Å². The molecule has 0 saturated heterocycles. The van der Waals surface area contributed by atoms with Crippen molar-refractivity contribution in [1.82, 2.24) is 0 Å². The van der Waals surface area contributed by atoms with Gasteiger partial charge in [0.2, 0.25) is 0 Å². The summed E-state index contributed by atoms with van der Waals surface area (Å²) in [6, 6.07) is 5.87. The third-order valence-electron chi connectivity index (χ3n) is 3.25. The molecule has 2 unspecified atom stereocenters. The average molecular weight is 260 g/mol. The minimum absolute atomic E-state index is 0.464. The van der Waals surface area contributed by atoms with Crippen LogP contribution in [0.15, 0.2) is 36.4 Å². The van der Waals surface area contributed by atoms with E-state index in [1.807, 2.05) is 18.2 Å². The summed E-state index contributed by atoms with van der Waals surface area (Å²) in [5, 5.41) is 10.1. The topological polar surface area (TPSA) is 37.3 Å². The molecule has 1 aromatic rings. The monoisotopic (exact) mass is 260 g/mol. The van der Waals surface area contributed by atoms with E-state index in [4.69, 9.17) is 5.11 Å². The van der Waals surface area contributed by atoms with Gasteiger partial charge in [-0.1, -0.05) is 36.4 Å². The van der Waals surface area contributed by atoms with Gasteiger partial charge in [0.15, 0.2) is 0 Å². The molecule has 0 fully saturated rings. The lowest BCUT2D eigenvalue weighted by Crippen LogP contribution is -2.11. The Morgan fingerprint density at radius 2 is 2.17 bits per heavy atom. The van der Waals surface area contributed by atoms with Gasteiger partial charge in [-0.05, 0) is 41.8 Å². The Labute approximate surface area is 110 Å². The first kappa shape index (κ1) is 13.0. The van der Waals surface area contributed by atoms with E-state index in [1.165, 1.54) is 5.57 Å². The van der Waals surface area contributed by atoms with Crippen LogP contribution in [-0.2, 0) is 4.79 Å². The van der Waals surface area contributed by atoms with Crippen molar-refractivity contribution < 1.29 is 9.90 Å². The molecule has 0 radical (unpaired) electrons. The van der Waals surface area contributed by atoms with Crippen LogP contribution in [0, 0.1) is 0 Å². The zero-order chi connectivity index (χ0) is 13.1. The number of carbonyl (C=O) groups is 1. The summed E-state index contributed by atoms with van der Waals surface area (Å²) < 4.78 is 0. The molecule has 18 heavy (non-hydrogen) atoms. The van der Waals surface area contributed by atoms with Crippen LogP contribution in [0.25, 0.3) is 5.57 Å². The second-order valence-electron chi connectivity index (χ2n) is 4.55. The highest BCUT2D eigenvalue weighted by atomic mass is 31.0. The Kier molecular flexibility index (Phi) is 3.98. The summed E-state index contributed by atoms with van der Waals surface area (Å²) in [4.78, 5) is 11.0. The zero-order valence-corrected chi connectivity index (χ0v) is 11.5. The lowest BCUT2D eigenvalue weighted by Gasteiger charge is -2.13. The fourth-order valence-electron chi connectivity index (χ4n) is 2.07. The Bertz CT molecular complexity index is 529. The van der Waals surface area contributed by atoms with Crippen LogP contribution in [0.1, 0.15) is 36.8 Å². The molecule has 1 N–H and O–H groups in total. The van der Waals surface area contributed by atoms with Gasteiger partial charge >= 0.3 is 5.97 Å². The smallest absolute Gasteiger partial charge is 0.310 e. The standard InChI is InChI=1S/C15H17O2P/c1-10(15(16)17)12-7-8-13(14(18)9-12)11-5-3-2-4-6-11/h3,5-10H,2,4,18H2,1H3,(H,16,17). The summed E-state index contributed by atoms with van der Waals surface area (Å²) >= 11 is 0. The number of hydrogen-bond acceptors (Lipinski definition) is 1. The Morgan fingerprint density at radius 1 is 1.39 bits per heavy atom. The molecule has 0 aromatic heterocycles. The minimum Gasteiger partial charge on any atom is -0.481 e. The van der Waals surface area contributed by atoms with Crippen LogP contribution in [0.4, 0.5) is 0 Å². The lowest BCUT2D eigenvalue weighted by atomic mass is 9.95. The van der Waals surface area contributed by atoms with E-state index in [0.717, 1.165) is 29.3 Å². The van der Waals surface area contributed by atoms with Gasteiger partial charge < -0.3 is 5.11 Å². The fourth-order valence-corrected chi connectivity index (χ4v) is 2.52. The predicted octanol–water partition coefficient (Wildman–Crippen LogP) is 3.11. The zero-order valence-electron chi connectivity index (χ0n) is 10.4. The number of allylic oxidation sites excluding steroid dienone is 4. The minimum atomic E-state index is -0.788. The SMILES string of the molecule is CC(C(=O)O)c1ccc(C2=CCCC=C2)c(P)c1. The summed E-state index contributed by atoms with van der Waals surface area (Å²) in [5.41, 5.74) is 3.23. The largest absolute Gasteiger partial charge is 0.481 e. The van der Waals surface area contributed by atoms with Gasteiger partial charge in [-0.2, -0.15) is 0 Å². The van der Waals surface area contributed by atoms with E-state index >= 15 is 0 Å². The van der Waals surface area contributed by atoms with Crippen LogP contribution in [0.3, 0.4) is 0 Å². The first-order valence-electron chi connectivity index (χ1n) is 6.09. The summed E-state index contributed by atoms with van der Waals surface area (Å²) in [6.07, 6.45) is 8.70. The molecule has 1 aromatic carbocycles. The number of hydrogen-bond donors (Lipinski definition) is 1. The van der Waals surface area contributed by atoms with Crippen molar-refractivity contribution in [1.29, 1.82) is 0 Å².